The highest BCUT2D eigenvalue weighted by atomic mass is 19.1. The van der Waals surface area contributed by atoms with Crippen LogP contribution in [0.15, 0.2) is 48.5 Å². The highest BCUT2D eigenvalue weighted by molar-refractivity contribution is 5.95. The van der Waals surface area contributed by atoms with Crippen LogP contribution in [0, 0.1) is 11.6 Å². The Balaban J connectivity index is 2.29. The maximum Gasteiger partial charge on any atom is 0.251 e. The average Bonchev–Trinajstić information content (AvgIpc) is 2.53. The molecule has 0 unspecified atom stereocenters. The van der Waals surface area contributed by atoms with Gasteiger partial charge in [0.25, 0.3) is 5.91 Å². The standard InChI is InChI=1S/C17H16F2N2O/c1-21-17(22)14-3-2-4-15(19)13(14)9-10-16(20)11-5-7-12(18)8-6-11/h2-8,10H,9,20H2,1H3,(H,21,22)/b16-10-. The highest BCUT2D eigenvalue weighted by Crippen LogP contribution is 2.17. The lowest BCUT2D eigenvalue weighted by molar-refractivity contribution is 0.0961. The van der Waals surface area contributed by atoms with Crippen LogP contribution in [0.3, 0.4) is 0 Å². The van der Waals surface area contributed by atoms with Crippen molar-refractivity contribution in [2.75, 3.05) is 7.05 Å². The fraction of sp³-hybridized carbons (Fsp3) is 0.118. The van der Waals surface area contributed by atoms with Crippen LogP contribution in [0.25, 0.3) is 5.70 Å². The number of amides is 1. The summed E-state index contributed by atoms with van der Waals surface area (Å²) in [4.78, 5) is 11.8. The van der Waals surface area contributed by atoms with Gasteiger partial charge >= 0.3 is 0 Å². The normalized spacial score (nSPS) is 11.3. The molecule has 0 aliphatic heterocycles. The smallest absolute Gasteiger partial charge is 0.251 e. The number of allylic oxidation sites excluding steroid dienone is 1. The van der Waals surface area contributed by atoms with Crippen molar-refractivity contribution >= 4 is 11.6 Å². The van der Waals surface area contributed by atoms with E-state index in [1.807, 2.05) is 0 Å². The Kier molecular flexibility index (Phi) is 4.88. The molecule has 0 bridgehead atoms. The summed E-state index contributed by atoms with van der Waals surface area (Å²) < 4.78 is 26.8. The van der Waals surface area contributed by atoms with Crippen LogP contribution in [0.4, 0.5) is 8.78 Å². The van der Waals surface area contributed by atoms with Gasteiger partial charge in [0.05, 0.1) is 0 Å². The molecule has 0 radical (unpaired) electrons. The van der Waals surface area contributed by atoms with E-state index in [1.165, 1.54) is 31.3 Å². The van der Waals surface area contributed by atoms with E-state index in [0.717, 1.165) is 0 Å². The second kappa shape index (κ2) is 6.85. The zero-order chi connectivity index (χ0) is 16.1. The van der Waals surface area contributed by atoms with Crippen molar-refractivity contribution in [2.24, 2.45) is 5.73 Å². The summed E-state index contributed by atoms with van der Waals surface area (Å²) in [5.74, 6) is -1.18. The summed E-state index contributed by atoms with van der Waals surface area (Å²) in [5.41, 5.74) is 7.49. The molecule has 0 atom stereocenters. The molecule has 2 aromatic carbocycles. The minimum Gasteiger partial charge on any atom is -0.398 e. The van der Waals surface area contributed by atoms with E-state index in [0.29, 0.717) is 11.3 Å². The summed E-state index contributed by atoms with van der Waals surface area (Å²) in [6.45, 7) is 0. The monoisotopic (exact) mass is 302 g/mol. The quantitative estimate of drug-likeness (QED) is 0.912. The first-order chi connectivity index (χ1) is 10.5. The Labute approximate surface area is 127 Å². The van der Waals surface area contributed by atoms with Gasteiger partial charge in [-0.05, 0) is 36.2 Å². The Hall–Kier alpha value is -2.69. The van der Waals surface area contributed by atoms with Gasteiger partial charge in [0.2, 0.25) is 0 Å². The number of hydrogen-bond donors (Lipinski definition) is 2. The van der Waals surface area contributed by atoms with Crippen LogP contribution in [0.1, 0.15) is 21.5 Å². The largest absolute Gasteiger partial charge is 0.398 e. The van der Waals surface area contributed by atoms with Gasteiger partial charge in [-0.3, -0.25) is 4.79 Å². The third-order valence-corrected chi connectivity index (χ3v) is 3.29. The lowest BCUT2D eigenvalue weighted by Crippen LogP contribution is -2.20. The molecule has 3 nitrogen and oxygen atoms in total. The van der Waals surface area contributed by atoms with Crippen molar-refractivity contribution in [3.05, 3.63) is 76.9 Å². The van der Waals surface area contributed by atoms with Gasteiger partial charge in [0, 0.05) is 23.9 Å². The van der Waals surface area contributed by atoms with Crippen molar-refractivity contribution in [3.63, 3.8) is 0 Å². The summed E-state index contributed by atoms with van der Waals surface area (Å²) >= 11 is 0. The number of carbonyl (C=O) groups is 1. The molecule has 2 rings (SSSR count). The van der Waals surface area contributed by atoms with Gasteiger partial charge in [-0.25, -0.2) is 8.78 Å². The van der Waals surface area contributed by atoms with E-state index in [4.69, 9.17) is 5.73 Å². The fourth-order valence-electron chi connectivity index (χ4n) is 2.09. The third kappa shape index (κ3) is 3.49. The van der Waals surface area contributed by atoms with Crippen LogP contribution in [0.5, 0.6) is 0 Å². The van der Waals surface area contributed by atoms with E-state index in [1.54, 1.807) is 24.3 Å². The van der Waals surface area contributed by atoms with Crippen LogP contribution in [0.2, 0.25) is 0 Å². The van der Waals surface area contributed by atoms with Gasteiger partial charge < -0.3 is 11.1 Å². The number of carbonyl (C=O) groups excluding carboxylic acids is 1. The highest BCUT2D eigenvalue weighted by Gasteiger charge is 2.13. The SMILES string of the molecule is CNC(=O)c1cccc(F)c1C/C=C(\N)c1ccc(F)cc1. The second-order valence-electron chi connectivity index (χ2n) is 4.72. The third-order valence-electron chi connectivity index (χ3n) is 3.29. The van der Waals surface area contributed by atoms with Crippen LogP contribution in [-0.4, -0.2) is 13.0 Å². The van der Waals surface area contributed by atoms with Crippen LogP contribution in [-0.2, 0) is 6.42 Å². The van der Waals surface area contributed by atoms with Crippen molar-refractivity contribution < 1.29 is 13.6 Å². The predicted molar refractivity (Wildman–Crippen MR) is 82.1 cm³/mol. The second-order valence-corrected chi connectivity index (χ2v) is 4.72. The Morgan fingerprint density at radius 3 is 2.50 bits per heavy atom. The van der Waals surface area contributed by atoms with Gasteiger partial charge in [-0.1, -0.05) is 24.3 Å². The molecule has 0 spiro atoms. The number of benzene rings is 2. The maximum absolute atomic E-state index is 14.0. The first kappa shape index (κ1) is 15.7. The van der Waals surface area contributed by atoms with E-state index < -0.39 is 5.82 Å². The average molecular weight is 302 g/mol. The maximum atomic E-state index is 14.0. The summed E-state index contributed by atoms with van der Waals surface area (Å²) in [6, 6.07) is 10.0. The molecule has 0 aliphatic rings. The zero-order valence-electron chi connectivity index (χ0n) is 12.1. The Bertz CT molecular complexity index is 709. The number of nitrogens with one attached hydrogen (secondary N) is 1. The molecular weight excluding hydrogens is 286 g/mol. The predicted octanol–water partition coefficient (Wildman–Crippen LogP) is 2.87. The minimum absolute atomic E-state index is 0.165. The van der Waals surface area contributed by atoms with Crippen molar-refractivity contribution in [1.82, 2.24) is 5.32 Å². The van der Waals surface area contributed by atoms with E-state index >= 15 is 0 Å². The van der Waals surface area contributed by atoms with Crippen LogP contribution < -0.4 is 11.1 Å². The Morgan fingerprint density at radius 1 is 1.18 bits per heavy atom. The molecule has 0 fully saturated rings. The van der Waals surface area contributed by atoms with Crippen molar-refractivity contribution in [1.29, 1.82) is 0 Å². The molecule has 114 valence electrons. The molecular formula is C17H16F2N2O. The van der Waals surface area contributed by atoms with Gasteiger partial charge in [-0.15, -0.1) is 0 Å². The lowest BCUT2D eigenvalue weighted by Gasteiger charge is -2.08. The molecule has 2 aromatic rings. The van der Waals surface area contributed by atoms with Crippen molar-refractivity contribution in [2.45, 2.75) is 6.42 Å². The van der Waals surface area contributed by atoms with Gasteiger partial charge in [-0.2, -0.15) is 0 Å². The molecule has 1 amide bonds. The first-order valence-electron chi connectivity index (χ1n) is 6.74. The molecule has 0 heterocycles. The summed E-state index contributed by atoms with van der Waals surface area (Å²) in [6.07, 6.45) is 1.77. The molecule has 0 aromatic heterocycles. The topological polar surface area (TPSA) is 55.1 Å². The van der Waals surface area contributed by atoms with Crippen LogP contribution >= 0.6 is 0 Å². The van der Waals surface area contributed by atoms with Crippen molar-refractivity contribution in [3.8, 4) is 0 Å². The number of rotatable bonds is 4. The molecule has 22 heavy (non-hydrogen) atoms. The van der Waals surface area contributed by atoms with Gasteiger partial charge in [0.1, 0.15) is 11.6 Å². The number of halogens is 2. The Morgan fingerprint density at radius 2 is 1.86 bits per heavy atom. The molecule has 0 saturated heterocycles. The minimum atomic E-state index is -0.468. The molecule has 5 heteroatoms. The fourth-order valence-corrected chi connectivity index (χ4v) is 2.09. The summed E-state index contributed by atoms with van der Waals surface area (Å²) in [7, 11) is 1.49. The number of hydrogen-bond acceptors (Lipinski definition) is 2. The first-order valence-corrected chi connectivity index (χ1v) is 6.74. The molecule has 0 aliphatic carbocycles. The molecule has 0 saturated carbocycles. The van der Waals surface area contributed by atoms with E-state index in [2.05, 4.69) is 5.32 Å². The zero-order valence-corrected chi connectivity index (χ0v) is 12.1. The molecule has 3 N–H and O–H groups in total. The van der Waals surface area contributed by atoms with Gasteiger partial charge in [0.15, 0.2) is 0 Å². The summed E-state index contributed by atoms with van der Waals surface area (Å²) in [5, 5.41) is 2.48. The van der Waals surface area contributed by atoms with E-state index in [-0.39, 0.29) is 29.3 Å². The lowest BCUT2D eigenvalue weighted by atomic mass is 10.0. The number of nitrogens with two attached hydrogens (primary N) is 1. The van der Waals surface area contributed by atoms with E-state index in [9.17, 15) is 13.6 Å².